The van der Waals surface area contributed by atoms with E-state index in [0.29, 0.717) is 13.0 Å². The minimum Gasteiger partial charge on any atom is -0.481 e. The van der Waals surface area contributed by atoms with Crippen LogP contribution in [0.3, 0.4) is 0 Å². The summed E-state index contributed by atoms with van der Waals surface area (Å²) in [5.74, 6) is -1.53. The Hall–Kier alpha value is -1.59. The Kier molecular flexibility index (Phi) is 5.32. The molecule has 2 amide bonds. The first-order valence-electron chi connectivity index (χ1n) is 6.66. The van der Waals surface area contributed by atoms with Crippen LogP contribution in [0.25, 0.3) is 0 Å². The molecule has 108 valence electrons. The first-order chi connectivity index (χ1) is 8.85. The van der Waals surface area contributed by atoms with E-state index in [1.54, 1.807) is 4.90 Å². The number of rotatable bonds is 6. The molecule has 0 aromatic carbocycles. The zero-order valence-electron chi connectivity index (χ0n) is 11.7. The minimum atomic E-state index is -0.932. The maximum atomic E-state index is 12.0. The van der Waals surface area contributed by atoms with Crippen molar-refractivity contribution in [3.8, 4) is 0 Å². The third-order valence-electron chi connectivity index (χ3n) is 3.41. The number of amides is 2. The maximum absolute atomic E-state index is 12.0. The second kappa shape index (κ2) is 6.54. The van der Waals surface area contributed by atoms with Crippen molar-refractivity contribution in [2.45, 2.75) is 52.1 Å². The lowest BCUT2D eigenvalue weighted by atomic mass is 10.1. The summed E-state index contributed by atoms with van der Waals surface area (Å²) in [6.07, 6.45) is 0.691. The number of hydrogen-bond acceptors (Lipinski definition) is 3. The van der Waals surface area contributed by atoms with Gasteiger partial charge >= 0.3 is 5.97 Å². The number of carboxylic acids is 1. The van der Waals surface area contributed by atoms with Crippen molar-refractivity contribution in [1.82, 2.24) is 10.2 Å². The van der Waals surface area contributed by atoms with E-state index >= 15 is 0 Å². The molecule has 1 saturated heterocycles. The van der Waals surface area contributed by atoms with Crippen molar-refractivity contribution < 1.29 is 19.5 Å². The zero-order chi connectivity index (χ0) is 14.6. The van der Waals surface area contributed by atoms with Gasteiger partial charge in [0.1, 0.15) is 0 Å². The highest BCUT2D eigenvalue weighted by molar-refractivity contribution is 5.89. The third kappa shape index (κ3) is 4.22. The molecule has 6 heteroatoms. The highest BCUT2D eigenvalue weighted by atomic mass is 16.4. The lowest BCUT2D eigenvalue weighted by molar-refractivity contribution is -0.138. The molecule has 6 nitrogen and oxygen atoms in total. The Morgan fingerprint density at radius 1 is 1.47 bits per heavy atom. The van der Waals surface area contributed by atoms with Crippen LogP contribution in [0.15, 0.2) is 0 Å². The van der Waals surface area contributed by atoms with E-state index in [9.17, 15) is 14.4 Å². The number of aliphatic carboxylic acids is 1. The summed E-state index contributed by atoms with van der Waals surface area (Å²) in [5.41, 5.74) is 0. The van der Waals surface area contributed by atoms with Gasteiger partial charge in [-0.3, -0.25) is 14.4 Å². The lowest BCUT2D eigenvalue weighted by Gasteiger charge is -2.21. The number of carbonyl (C=O) groups excluding carboxylic acids is 2. The Morgan fingerprint density at radius 2 is 2.11 bits per heavy atom. The molecule has 1 heterocycles. The third-order valence-corrected chi connectivity index (χ3v) is 3.41. The summed E-state index contributed by atoms with van der Waals surface area (Å²) >= 11 is 0. The van der Waals surface area contributed by atoms with Crippen LogP contribution in [0, 0.1) is 5.92 Å². The molecular formula is C13H22N2O4. The first-order valence-corrected chi connectivity index (χ1v) is 6.66. The van der Waals surface area contributed by atoms with Crippen LogP contribution in [0.5, 0.6) is 0 Å². The van der Waals surface area contributed by atoms with Crippen LogP contribution in [0.2, 0.25) is 0 Å². The monoisotopic (exact) mass is 270 g/mol. The molecule has 0 saturated carbocycles. The fourth-order valence-electron chi connectivity index (χ4n) is 2.23. The van der Waals surface area contributed by atoms with E-state index in [2.05, 4.69) is 5.32 Å². The van der Waals surface area contributed by atoms with Crippen LogP contribution in [0.1, 0.15) is 40.0 Å². The Balaban J connectivity index is 2.55. The van der Waals surface area contributed by atoms with Gasteiger partial charge < -0.3 is 15.3 Å². The van der Waals surface area contributed by atoms with E-state index in [0.717, 1.165) is 0 Å². The Morgan fingerprint density at radius 3 is 2.53 bits per heavy atom. The highest BCUT2D eigenvalue weighted by Gasteiger charge is 2.36. The smallest absolute Gasteiger partial charge is 0.305 e. The summed E-state index contributed by atoms with van der Waals surface area (Å²) < 4.78 is 0. The summed E-state index contributed by atoms with van der Waals surface area (Å²) in [6, 6.07) is -0.278. The van der Waals surface area contributed by atoms with Gasteiger partial charge in [-0.15, -0.1) is 0 Å². The average Bonchev–Trinajstić information content (AvgIpc) is 2.70. The topological polar surface area (TPSA) is 86.7 Å². The Bertz CT molecular complexity index is 368. The second-order valence-corrected chi connectivity index (χ2v) is 5.25. The number of nitrogens with zero attached hydrogens (tertiary/aromatic N) is 1. The molecule has 2 atom stereocenters. The summed E-state index contributed by atoms with van der Waals surface area (Å²) in [7, 11) is 0. The van der Waals surface area contributed by atoms with Gasteiger partial charge in [-0.05, 0) is 20.3 Å². The van der Waals surface area contributed by atoms with E-state index in [4.69, 9.17) is 5.11 Å². The van der Waals surface area contributed by atoms with Crippen molar-refractivity contribution >= 4 is 17.8 Å². The van der Waals surface area contributed by atoms with Gasteiger partial charge in [0, 0.05) is 25.0 Å². The van der Waals surface area contributed by atoms with Crippen molar-refractivity contribution in [3.05, 3.63) is 0 Å². The van der Waals surface area contributed by atoms with E-state index in [1.807, 2.05) is 20.8 Å². The molecule has 2 N–H and O–H groups in total. The quantitative estimate of drug-likeness (QED) is 0.740. The van der Waals surface area contributed by atoms with Gasteiger partial charge in [0.2, 0.25) is 11.8 Å². The highest BCUT2D eigenvalue weighted by Crippen LogP contribution is 2.20. The van der Waals surface area contributed by atoms with Gasteiger partial charge in [0.25, 0.3) is 0 Å². The average molecular weight is 270 g/mol. The number of hydrogen-bond donors (Lipinski definition) is 2. The van der Waals surface area contributed by atoms with Crippen molar-refractivity contribution in [2.24, 2.45) is 5.92 Å². The molecule has 1 aliphatic heterocycles. The maximum Gasteiger partial charge on any atom is 0.305 e. The molecule has 0 bridgehead atoms. The van der Waals surface area contributed by atoms with Crippen molar-refractivity contribution in [2.75, 3.05) is 6.54 Å². The second-order valence-electron chi connectivity index (χ2n) is 5.25. The molecular weight excluding hydrogens is 248 g/mol. The summed E-state index contributed by atoms with van der Waals surface area (Å²) in [4.78, 5) is 36.1. The fraction of sp³-hybridized carbons (Fsp3) is 0.769. The van der Waals surface area contributed by atoms with Gasteiger partial charge in [-0.25, -0.2) is 0 Å². The standard InChI is InChI=1S/C13H22N2O4/c1-4-10(6-12(17)18)14-13(19)9-5-11(16)15(7-9)8(2)3/h8-10H,4-7H2,1-3H3,(H,14,19)(H,17,18). The zero-order valence-corrected chi connectivity index (χ0v) is 11.7. The predicted molar refractivity (Wildman–Crippen MR) is 69.4 cm³/mol. The van der Waals surface area contributed by atoms with Crippen molar-refractivity contribution in [1.29, 1.82) is 0 Å². The van der Waals surface area contributed by atoms with Gasteiger partial charge in [0.05, 0.1) is 12.3 Å². The van der Waals surface area contributed by atoms with Gasteiger partial charge in [-0.1, -0.05) is 6.92 Å². The van der Waals surface area contributed by atoms with Gasteiger partial charge in [0.15, 0.2) is 0 Å². The number of likely N-dealkylation sites (tertiary alicyclic amines) is 1. The molecule has 0 radical (unpaired) electrons. The number of carboxylic acid groups (broad SMARTS) is 1. The van der Waals surface area contributed by atoms with E-state index < -0.39 is 5.97 Å². The minimum absolute atomic E-state index is 0.0126. The molecule has 0 aromatic heterocycles. The van der Waals surface area contributed by atoms with E-state index in [-0.39, 0.29) is 42.7 Å². The van der Waals surface area contributed by atoms with E-state index in [1.165, 1.54) is 0 Å². The Labute approximate surface area is 113 Å². The lowest BCUT2D eigenvalue weighted by Crippen LogP contribution is -2.41. The molecule has 1 aliphatic rings. The number of nitrogens with one attached hydrogen (secondary N) is 1. The first kappa shape index (κ1) is 15.5. The number of carbonyl (C=O) groups is 3. The predicted octanol–water partition coefficient (Wildman–Crippen LogP) is 0.613. The fourth-order valence-corrected chi connectivity index (χ4v) is 2.23. The normalized spacial score (nSPS) is 20.7. The molecule has 2 unspecified atom stereocenters. The van der Waals surface area contributed by atoms with Crippen LogP contribution in [-0.4, -0.2) is 46.4 Å². The van der Waals surface area contributed by atoms with Crippen LogP contribution in [0.4, 0.5) is 0 Å². The summed E-state index contributed by atoms with van der Waals surface area (Å²) in [6.45, 7) is 6.08. The largest absolute Gasteiger partial charge is 0.481 e. The molecule has 19 heavy (non-hydrogen) atoms. The summed E-state index contributed by atoms with van der Waals surface area (Å²) in [5, 5.41) is 11.5. The molecule has 0 spiro atoms. The van der Waals surface area contributed by atoms with Crippen LogP contribution >= 0.6 is 0 Å². The van der Waals surface area contributed by atoms with Crippen LogP contribution < -0.4 is 5.32 Å². The molecule has 1 rings (SSSR count). The molecule has 1 fully saturated rings. The molecule has 0 aliphatic carbocycles. The van der Waals surface area contributed by atoms with Crippen molar-refractivity contribution in [3.63, 3.8) is 0 Å². The van der Waals surface area contributed by atoms with Crippen LogP contribution in [-0.2, 0) is 14.4 Å². The molecule has 0 aromatic rings. The SMILES string of the molecule is CCC(CC(=O)O)NC(=O)C1CC(=O)N(C(C)C)C1. The van der Waals surface area contributed by atoms with Gasteiger partial charge in [-0.2, -0.15) is 0 Å².